The third kappa shape index (κ3) is 3.59. The van der Waals surface area contributed by atoms with Crippen molar-refractivity contribution < 1.29 is 4.74 Å². The Labute approximate surface area is 125 Å². The number of ether oxygens (including phenoxy) is 1. The Balaban J connectivity index is 2.41. The summed E-state index contributed by atoms with van der Waals surface area (Å²) in [6.45, 7) is 6.56. The van der Waals surface area contributed by atoms with E-state index in [2.05, 4.69) is 52.3 Å². The number of nitrogens with zero attached hydrogens (tertiary/aromatic N) is 4. The van der Waals surface area contributed by atoms with Gasteiger partial charge in [0.1, 0.15) is 0 Å². The van der Waals surface area contributed by atoms with Gasteiger partial charge in [-0.05, 0) is 44.0 Å². The van der Waals surface area contributed by atoms with E-state index in [-0.39, 0.29) is 0 Å². The van der Waals surface area contributed by atoms with Gasteiger partial charge in [0.2, 0.25) is 11.9 Å². The third-order valence-electron chi connectivity index (χ3n) is 2.99. The summed E-state index contributed by atoms with van der Waals surface area (Å²) in [7, 11) is 3.70. The van der Waals surface area contributed by atoms with Gasteiger partial charge >= 0.3 is 6.01 Å². The van der Waals surface area contributed by atoms with E-state index >= 15 is 0 Å². The summed E-state index contributed by atoms with van der Waals surface area (Å²) in [5.41, 5.74) is 3.43. The Bertz CT molecular complexity index is 609. The summed E-state index contributed by atoms with van der Waals surface area (Å²) in [5, 5.41) is 2.93. The predicted octanol–water partition coefficient (Wildman–Crippen LogP) is 2.70. The van der Waals surface area contributed by atoms with Crippen LogP contribution in [0.4, 0.5) is 17.6 Å². The molecule has 0 aliphatic rings. The lowest BCUT2D eigenvalue weighted by Gasteiger charge is -2.19. The van der Waals surface area contributed by atoms with E-state index < -0.39 is 0 Å². The first kappa shape index (κ1) is 15.0. The van der Waals surface area contributed by atoms with Crippen LogP contribution in [0.2, 0.25) is 0 Å². The molecule has 0 amide bonds. The molecule has 0 saturated carbocycles. The minimum atomic E-state index is 0.322. The second kappa shape index (κ2) is 6.39. The lowest BCUT2D eigenvalue weighted by atomic mass is 10.1. The molecule has 2 rings (SSSR count). The summed E-state index contributed by atoms with van der Waals surface area (Å²) in [5.74, 6) is 1.03. The number of aromatic nitrogens is 3. The van der Waals surface area contributed by atoms with Gasteiger partial charge in [0.25, 0.3) is 0 Å². The van der Waals surface area contributed by atoms with E-state index in [0.717, 1.165) is 5.69 Å². The zero-order valence-electron chi connectivity index (χ0n) is 13.1. The number of anilines is 3. The number of benzene rings is 1. The topological polar surface area (TPSA) is 63.2 Å². The highest BCUT2D eigenvalue weighted by atomic mass is 16.5. The number of hydrogen-bond donors (Lipinski definition) is 1. The van der Waals surface area contributed by atoms with Gasteiger partial charge in [0, 0.05) is 19.8 Å². The molecule has 0 atom stereocenters. The van der Waals surface area contributed by atoms with Gasteiger partial charge in [-0.2, -0.15) is 15.0 Å². The Morgan fingerprint density at radius 1 is 1.10 bits per heavy atom. The molecule has 0 bridgehead atoms. The van der Waals surface area contributed by atoms with Crippen LogP contribution < -0.4 is 15.0 Å². The standard InChI is InChI=1S/C15H21N5O/c1-6-21-15-18-13(16-4)17-14(19-15)20(5)12-8-10(2)7-11(3)9-12/h7-9H,6H2,1-5H3,(H,16,17,18,19). The molecule has 1 aromatic heterocycles. The zero-order chi connectivity index (χ0) is 15.4. The summed E-state index contributed by atoms with van der Waals surface area (Å²) < 4.78 is 5.39. The second-order valence-corrected chi connectivity index (χ2v) is 4.83. The molecule has 0 radical (unpaired) electrons. The molecule has 0 spiro atoms. The molecule has 2 aromatic rings. The number of nitrogens with one attached hydrogen (secondary N) is 1. The van der Waals surface area contributed by atoms with Crippen LogP contribution in [0.3, 0.4) is 0 Å². The number of aryl methyl sites for hydroxylation is 2. The van der Waals surface area contributed by atoms with E-state index in [1.54, 1.807) is 7.05 Å². The van der Waals surface area contributed by atoms with E-state index in [1.165, 1.54) is 11.1 Å². The van der Waals surface area contributed by atoms with Gasteiger partial charge in [-0.15, -0.1) is 0 Å². The average molecular weight is 287 g/mol. The highest BCUT2D eigenvalue weighted by molar-refractivity contribution is 5.59. The van der Waals surface area contributed by atoms with Crippen LogP contribution in [0.15, 0.2) is 18.2 Å². The van der Waals surface area contributed by atoms with Crippen molar-refractivity contribution in [3.63, 3.8) is 0 Å². The van der Waals surface area contributed by atoms with Crippen LogP contribution in [0.25, 0.3) is 0 Å². The molecule has 1 heterocycles. The van der Waals surface area contributed by atoms with Gasteiger partial charge in [-0.25, -0.2) is 0 Å². The van der Waals surface area contributed by atoms with Crippen molar-refractivity contribution in [2.24, 2.45) is 0 Å². The van der Waals surface area contributed by atoms with Crippen molar-refractivity contribution in [3.8, 4) is 6.01 Å². The van der Waals surface area contributed by atoms with Crippen molar-refractivity contribution in [3.05, 3.63) is 29.3 Å². The van der Waals surface area contributed by atoms with Crippen LogP contribution in [0.1, 0.15) is 18.1 Å². The Kier molecular flexibility index (Phi) is 4.57. The highest BCUT2D eigenvalue weighted by Gasteiger charge is 2.12. The Hall–Kier alpha value is -2.37. The number of rotatable bonds is 5. The lowest BCUT2D eigenvalue weighted by Crippen LogP contribution is -2.16. The fraction of sp³-hybridized carbons (Fsp3) is 0.400. The van der Waals surface area contributed by atoms with Crippen LogP contribution >= 0.6 is 0 Å². The summed E-state index contributed by atoms with van der Waals surface area (Å²) in [6, 6.07) is 6.64. The average Bonchev–Trinajstić information content (AvgIpc) is 2.45. The summed E-state index contributed by atoms with van der Waals surface area (Å²) >= 11 is 0. The first-order valence-electron chi connectivity index (χ1n) is 6.92. The molecule has 112 valence electrons. The first-order valence-corrected chi connectivity index (χ1v) is 6.92. The van der Waals surface area contributed by atoms with Crippen LogP contribution in [-0.4, -0.2) is 35.7 Å². The molecular formula is C15H21N5O. The molecule has 0 aliphatic carbocycles. The minimum absolute atomic E-state index is 0.322. The molecular weight excluding hydrogens is 266 g/mol. The summed E-state index contributed by atoms with van der Waals surface area (Å²) in [6.07, 6.45) is 0. The molecule has 0 unspecified atom stereocenters. The van der Waals surface area contributed by atoms with Gasteiger partial charge in [0.15, 0.2) is 0 Å². The predicted molar refractivity (Wildman–Crippen MR) is 84.5 cm³/mol. The third-order valence-corrected chi connectivity index (χ3v) is 2.99. The fourth-order valence-electron chi connectivity index (χ4n) is 2.06. The smallest absolute Gasteiger partial charge is 0.323 e. The van der Waals surface area contributed by atoms with E-state index in [9.17, 15) is 0 Å². The van der Waals surface area contributed by atoms with Crippen molar-refractivity contribution in [1.82, 2.24) is 15.0 Å². The van der Waals surface area contributed by atoms with Crippen LogP contribution in [0.5, 0.6) is 6.01 Å². The zero-order valence-corrected chi connectivity index (χ0v) is 13.1. The molecule has 0 fully saturated rings. The van der Waals surface area contributed by atoms with Crippen molar-refractivity contribution in [2.45, 2.75) is 20.8 Å². The molecule has 21 heavy (non-hydrogen) atoms. The highest BCUT2D eigenvalue weighted by Crippen LogP contribution is 2.24. The van der Waals surface area contributed by atoms with E-state index in [1.807, 2.05) is 18.9 Å². The largest absolute Gasteiger partial charge is 0.464 e. The Morgan fingerprint density at radius 3 is 2.33 bits per heavy atom. The van der Waals surface area contributed by atoms with Gasteiger partial charge in [-0.3, -0.25) is 0 Å². The fourth-order valence-corrected chi connectivity index (χ4v) is 2.06. The second-order valence-electron chi connectivity index (χ2n) is 4.83. The SMILES string of the molecule is CCOc1nc(NC)nc(N(C)c2cc(C)cc(C)c2)n1. The molecule has 1 N–H and O–H groups in total. The maximum Gasteiger partial charge on any atom is 0.323 e. The van der Waals surface area contributed by atoms with E-state index in [0.29, 0.717) is 24.5 Å². The molecule has 6 heteroatoms. The van der Waals surface area contributed by atoms with Gasteiger partial charge in [-0.1, -0.05) is 6.07 Å². The Morgan fingerprint density at radius 2 is 1.76 bits per heavy atom. The monoisotopic (exact) mass is 287 g/mol. The van der Waals surface area contributed by atoms with Crippen LogP contribution in [0, 0.1) is 13.8 Å². The summed E-state index contributed by atoms with van der Waals surface area (Å²) in [4.78, 5) is 14.8. The maximum atomic E-state index is 5.39. The molecule has 1 aromatic carbocycles. The van der Waals surface area contributed by atoms with Crippen molar-refractivity contribution >= 4 is 17.6 Å². The molecule has 0 aliphatic heterocycles. The van der Waals surface area contributed by atoms with Gasteiger partial charge < -0.3 is 15.0 Å². The van der Waals surface area contributed by atoms with Gasteiger partial charge in [0.05, 0.1) is 6.61 Å². The normalized spacial score (nSPS) is 10.3. The molecule has 6 nitrogen and oxygen atoms in total. The molecule has 0 saturated heterocycles. The van der Waals surface area contributed by atoms with Crippen molar-refractivity contribution in [2.75, 3.05) is 30.9 Å². The first-order chi connectivity index (χ1) is 10.0. The maximum absolute atomic E-state index is 5.39. The van der Waals surface area contributed by atoms with Crippen LogP contribution in [-0.2, 0) is 0 Å². The minimum Gasteiger partial charge on any atom is -0.464 e. The van der Waals surface area contributed by atoms with E-state index in [4.69, 9.17) is 4.74 Å². The number of hydrogen-bond acceptors (Lipinski definition) is 6. The lowest BCUT2D eigenvalue weighted by molar-refractivity contribution is 0.312. The van der Waals surface area contributed by atoms with Crippen molar-refractivity contribution in [1.29, 1.82) is 0 Å². The quantitative estimate of drug-likeness (QED) is 0.912.